The molecule has 0 spiro atoms. The van der Waals surface area contributed by atoms with Crippen LogP contribution in [0.3, 0.4) is 0 Å². The van der Waals surface area contributed by atoms with E-state index in [-0.39, 0.29) is 23.4 Å². The van der Waals surface area contributed by atoms with Gasteiger partial charge >= 0.3 is 0 Å². The van der Waals surface area contributed by atoms with Crippen molar-refractivity contribution in [2.24, 2.45) is 10.7 Å². The van der Waals surface area contributed by atoms with Crippen LogP contribution < -0.4 is 20.5 Å². The second kappa shape index (κ2) is 6.49. The Labute approximate surface area is 125 Å². The van der Waals surface area contributed by atoms with Crippen molar-refractivity contribution in [1.82, 2.24) is 0 Å². The molecule has 1 aromatic carbocycles. The van der Waals surface area contributed by atoms with E-state index in [0.29, 0.717) is 17.2 Å². The number of benzene rings is 1. The molecular weight excluding hydrogens is 294 g/mol. The van der Waals surface area contributed by atoms with Gasteiger partial charge < -0.3 is 20.5 Å². The van der Waals surface area contributed by atoms with Gasteiger partial charge in [-0.15, -0.1) is 0 Å². The Morgan fingerprint density at radius 3 is 2.76 bits per heavy atom. The van der Waals surface area contributed by atoms with Crippen molar-refractivity contribution < 1.29 is 19.1 Å². The lowest BCUT2D eigenvalue weighted by molar-refractivity contribution is -0.121. The van der Waals surface area contributed by atoms with Gasteiger partial charge in [-0.05, 0) is 12.1 Å². The predicted molar refractivity (Wildman–Crippen MR) is 80.8 cm³/mol. The number of methoxy groups -OCH3 is 2. The van der Waals surface area contributed by atoms with Crippen LogP contribution in [0.25, 0.3) is 0 Å². The number of nitrogens with zero attached hydrogens (tertiary/aromatic N) is 1. The molecule has 0 aliphatic carbocycles. The summed E-state index contributed by atoms with van der Waals surface area (Å²) in [7, 11) is 3.03. The lowest BCUT2D eigenvalue weighted by Gasteiger charge is -2.12. The number of anilines is 1. The van der Waals surface area contributed by atoms with Crippen molar-refractivity contribution in [3.8, 4) is 11.5 Å². The molecule has 1 aliphatic heterocycles. The molecule has 0 unspecified atom stereocenters. The molecule has 0 fully saturated rings. The number of nitrogens with one attached hydrogen (secondary N) is 1. The van der Waals surface area contributed by atoms with Crippen LogP contribution in [0, 0.1) is 0 Å². The van der Waals surface area contributed by atoms with Gasteiger partial charge in [0.15, 0.2) is 5.17 Å². The molecule has 1 aliphatic rings. The van der Waals surface area contributed by atoms with Crippen LogP contribution in [-0.4, -0.2) is 36.5 Å². The molecule has 2 rings (SSSR count). The van der Waals surface area contributed by atoms with E-state index in [0.717, 1.165) is 11.8 Å². The van der Waals surface area contributed by atoms with Gasteiger partial charge in [0.2, 0.25) is 5.91 Å². The highest BCUT2D eigenvalue weighted by Crippen LogP contribution is 2.30. The van der Waals surface area contributed by atoms with Gasteiger partial charge in [0.1, 0.15) is 16.7 Å². The van der Waals surface area contributed by atoms with E-state index < -0.39 is 5.25 Å². The molecule has 3 N–H and O–H groups in total. The lowest BCUT2D eigenvalue weighted by atomic mass is 10.2. The fraction of sp³-hybridized carbons (Fsp3) is 0.308. The summed E-state index contributed by atoms with van der Waals surface area (Å²) in [5.74, 6) is 0.387. The Morgan fingerprint density at radius 2 is 2.19 bits per heavy atom. The number of thioether (sulfide) groups is 1. The summed E-state index contributed by atoms with van der Waals surface area (Å²) in [6, 6.07) is 5.05. The van der Waals surface area contributed by atoms with Gasteiger partial charge in [0.25, 0.3) is 5.91 Å². The van der Waals surface area contributed by atoms with Crippen LogP contribution >= 0.6 is 11.8 Å². The molecule has 1 heterocycles. The third-order valence-electron chi connectivity index (χ3n) is 2.81. The van der Waals surface area contributed by atoms with E-state index in [1.165, 1.54) is 14.2 Å². The zero-order chi connectivity index (χ0) is 15.4. The van der Waals surface area contributed by atoms with Crippen molar-refractivity contribution in [2.45, 2.75) is 11.7 Å². The zero-order valence-corrected chi connectivity index (χ0v) is 12.4. The Bertz CT molecular complexity index is 603. The van der Waals surface area contributed by atoms with E-state index >= 15 is 0 Å². The summed E-state index contributed by atoms with van der Waals surface area (Å²) >= 11 is 1.09. The standard InChI is InChI=1S/C13H15N3O4S/c1-19-7-3-4-9(20-2)8(5-7)15-11(17)6-10-12(18)16-13(14)21-10/h3-5,10H,6H2,1-2H3,(H,15,17)(H2,14,16,18)/t10-/m1/s1. The van der Waals surface area contributed by atoms with Crippen LogP contribution in [0.5, 0.6) is 11.5 Å². The van der Waals surface area contributed by atoms with Crippen molar-refractivity contribution in [2.75, 3.05) is 19.5 Å². The van der Waals surface area contributed by atoms with Crippen LogP contribution in [0.4, 0.5) is 5.69 Å². The first-order chi connectivity index (χ1) is 10.0. The molecule has 0 saturated heterocycles. The van der Waals surface area contributed by atoms with Gasteiger partial charge in [-0.3, -0.25) is 9.59 Å². The quantitative estimate of drug-likeness (QED) is 0.840. The van der Waals surface area contributed by atoms with Crippen molar-refractivity contribution in [1.29, 1.82) is 0 Å². The molecule has 7 nitrogen and oxygen atoms in total. The minimum atomic E-state index is -0.568. The summed E-state index contributed by atoms with van der Waals surface area (Å²) in [6.45, 7) is 0. The number of hydrogen-bond donors (Lipinski definition) is 2. The third kappa shape index (κ3) is 3.66. The Morgan fingerprint density at radius 1 is 1.43 bits per heavy atom. The van der Waals surface area contributed by atoms with Gasteiger partial charge in [-0.1, -0.05) is 11.8 Å². The van der Waals surface area contributed by atoms with E-state index in [1.54, 1.807) is 18.2 Å². The number of carbonyl (C=O) groups is 2. The Hall–Kier alpha value is -2.22. The maximum atomic E-state index is 12.0. The first-order valence-corrected chi connectivity index (χ1v) is 6.98. The first-order valence-electron chi connectivity index (χ1n) is 6.10. The predicted octanol–water partition coefficient (Wildman–Crippen LogP) is 0.989. The minimum Gasteiger partial charge on any atom is -0.497 e. The van der Waals surface area contributed by atoms with Crippen LogP contribution in [0.15, 0.2) is 23.2 Å². The number of hydrogen-bond acceptors (Lipinski definition) is 6. The summed E-state index contributed by atoms with van der Waals surface area (Å²) < 4.78 is 10.3. The van der Waals surface area contributed by atoms with Crippen LogP contribution in [0.2, 0.25) is 0 Å². The van der Waals surface area contributed by atoms with E-state index in [9.17, 15) is 9.59 Å². The Kier molecular flexibility index (Phi) is 4.69. The second-order valence-electron chi connectivity index (χ2n) is 4.21. The van der Waals surface area contributed by atoms with Gasteiger partial charge in [-0.25, -0.2) is 0 Å². The van der Waals surface area contributed by atoms with Crippen molar-refractivity contribution in [3.63, 3.8) is 0 Å². The monoisotopic (exact) mass is 309 g/mol. The number of ether oxygens (including phenoxy) is 2. The lowest BCUT2D eigenvalue weighted by Crippen LogP contribution is -2.21. The largest absolute Gasteiger partial charge is 0.497 e. The molecule has 112 valence electrons. The molecule has 0 bridgehead atoms. The molecule has 1 aromatic rings. The van der Waals surface area contributed by atoms with Gasteiger partial charge in [0.05, 0.1) is 19.9 Å². The van der Waals surface area contributed by atoms with E-state index in [4.69, 9.17) is 15.2 Å². The van der Waals surface area contributed by atoms with Crippen LogP contribution in [-0.2, 0) is 9.59 Å². The molecule has 2 amide bonds. The molecule has 21 heavy (non-hydrogen) atoms. The van der Waals surface area contributed by atoms with Gasteiger partial charge in [0, 0.05) is 12.5 Å². The van der Waals surface area contributed by atoms with Gasteiger partial charge in [-0.2, -0.15) is 4.99 Å². The number of amides is 2. The third-order valence-corrected chi connectivity index (χ3v) is 3.80. The molecule has 0 radical (unpaired) electrons. The SMILES string of the molecule is COc1ccc(OC)c(NC(=O)C[C@H]2SC(N)=NC2=O)c1. The maximum absolute atomic E-state index is 12.0. The summed E-state index contributed by atoms with van der Waals surface area (Å²) in [4.78, 5) is 27.1. The zero-order valence-electron chi connectivity index (χ0n) is 11.6. The number of nitrogens with two attached hydrogens (primary N) is 1. The highest BCUT2D eigenvalue weighted by atomic mass is 32.2. The number of aliphatic imine (C=N–C) groups is 1. The average molecular weight is 309 g/mol. The number of carbonyl (C=O) groups excluding carboxylic acids is 2. The number of amidine groups is 1. The Balaban J connectivity index is 2.04. The smallest absolute Gasteiger partial charge is 0.262 e. The maximum Gasteiger partial charge on any atom is 0.262 e. The molecule has 0 aromatic heterocycles. The molecule has 1 atom stereocenters. The molecular formula is C13H15N3O4S. The average Bonchev–Trinajstić information content (AvgIpc) is 2.76. The summed E-state index contributed by atoms with van der Waals surface area (Å²) in [6.07, 6.45) is -0.00589. The van der Waals surface area contributed by atoms with E-state index in [2.05, 4.69) is 10.3 Å². The highest BCUT2D eigenvalue weighted by molar-refractivity contribution is 8.15. The molecule has 8 heteroatoms. The summed E-state index contributed by atoms with van der Waals surface area (Å²) in [5, 5.41) is 2.32. The minimum absolute atomic E-state index is 0.00589. The topological polar surface area (TPSA) is 103 Å². The van der Waals surface area contributed by atoms with E-state index in [1.807, 2.05) is 0 Å². The van der Waals surface area contributed by atoms with Crippen LogP contribution in [0.1, 0.15) is 6.42 Å². The second-order valence-corrected chi connectivity index (χ2v) is 5.44. The summed E-state index contributed by atoms with van der Waals surface area (Å²) in [5.41, 5.74) is 5.93. The fourth-order valence-electron chi connectivity index (χ4n) is 1.81. The first kappa shape index (κ1) is 15.2. The fourth-order valence-corrected chi connectivity index (χ4v) is 2.64. The number of rotatable bonds is 5. The van der Waals surface area contributed by atoms with Crippen molar-refractivity contribution >= 4 is 34.4 Å². The van der Waals surface area contributed by atoms with Crippen molar-refractivity contribution in [3.05, 3.63) is 18.2 Å². The normalized spacial score (nSPS) is 17.3. The molecule has 0 saturated carbocycles. The highest BCUT2D eigenvalue weighted by Gasteiger charge is 2.29.